The summed E-state index contributed by atoms with van der Waals surface area (Å²) < 4.78 is 23.1. The van der Waals surface area contributed by atoms with Crippen molar-refractivity contribution in [3.05, 3.63) is 0 Å². The fraction of sp³-hybridized carbons (Fsp3) is 1.00. The maximum absolute atomic E-state index is 11.5. The molecule has 4 nitrogen and oxygen atoms in total. The number of hydrogen-bond acceptors (Lipinski definition) is 4. The molecule has 0 aliphatic heterocycles. The van der Waals surface area contributed by atoms with E-state index >= 15 is 0 Å². The Morgan fingerprint density at radius 1 is 1.38 bits per heavy atom. The van der Waals surface area contributed by atoms with Crippen LogP contribution in [0, 0.1) is 0 Å². The van der Waals surface area contributed by atoms with Gasteiger partial charge in [-0.2, -0.15) is 0 Å². The summed E-state index contributed by atoms with van der Waals surface area (Å²) in [7, 11) is 0.789. The highest BCUT2D eigenvalue weighted by molar-refractivity contribution is 7.92. The largest absolute Gasteiger partial charge is 0.330 e. The monoisotopic (exact) mass is 208 g/mol. The van der Waals surface area contributed by atoms with Crippen LogP contribution in [0.1, 0.15) is 13.3 Å². The summed E-state index contributed by atoms with van der Waals surface area (Å²) in [5, 5.41) is -0.308. The molecule has 0 aliphatic carbocycles. The van der Waals surface area contributed by atoms with Crippen molar-refractivity contribution in [1.82, 2.24) is 4.90 Å². The van der Waals surface area contributed by atoms with Gasteiger partial charge < -0.3 is 10.6 Å². The fourth-order valence-electron chi connectivity index (χ4n) is 0.925. The average molecular weight is 208 g/mol. The van der Waals surface area contributed by atoms with Gasteiger partial charge >= 0.3 is 0 Å². The summed E-state index contributed by atoms with van der Waals surface area (Å²) in [5.74, 6) is 0.223. The van der Waals surface area contributed by atoms with Gasteiger partial charge in [-0.05, 0) is 34.0 Å². The molecular formula is C8H20N2O2S. The molecule has 0 bridgehead atoms. The van der Waals surface area contributed by atoms with Gasteiger partial charge in [-0.1, -0.05) is 0 Å². The van der Waals surface area contributed by atoms with Crippen molar-refractivity contribution in [1.29, 1.82) is 0 Å². The van der Waals surface area contributed by atoms with Gasteiger partial charge in [-0.15, -0.1) is 0 Å². The van der Waals surface area contributed by atoms with Gasteiger partial charge in [0.05, 0.1) is 11.0 Å². The van der Waals surface area contributed by atoms with Crippen molar-refractivity contribution in [3.63, 3.8) is 0 Å². The third-order valence-corrected chi connectivity index (χ3v) is 4.22. The normalized spacial score (nSPS) is 14.8. The summed E-state index contributed by atoms with van der Waals surface area (Å²) in [6.07, 6.45) is 0.551. The van der Waals surface area contributed by atoms with Crippen LogP contribution in [0.3, 0.4) is 0 Å². The maximum Gasteiger partial charge on any atom is 0.154 e. The Balaban J connectivity index is 4.07. The minimum absolute atomic E-state index is 0.223. The molecule has 0 spiro atoms. The van der Waals surface area contributed by atoms with Crippen LogP contribution < -0.4 is 5.73 Å². The average Bonchev–Trinajstić information content (AvgIpc) is 2.01. The van der Waals surface area contributed by atoms with E-state index < -0.39 is 9.84 Å². The van der Waals surface area contributed by atoms with Crippen molar-refractivity contribution < 1.29 is 8.42 Å². The highest BCUT2D eigenvalue weighted by Gasteiger charge is 2.19. The molecule has 0 aromatic heterocycles. The van der Waals surface area contributed by atoms with Crippen LogP contribution in [0.2, 0.25) is 0 Å². The first-order valence-corrected chi connectivity index (χ1v) is 6.18. The standard InChI is InChI=1S/C8H20N2O2S/c1-8(4-5-9)13(11,12)7-6-10(2)3/h8H,4-7,9H2,1-3H3. The Morgan fingerprint density at radius 3 is 2.31 bits per heavy atom. The van der Waals surface area contributed by atoms with Crippen LogP contribution in [0.25, 0.3) is 0 Å². The summed E-state index contributed by atoms with van der Waals surface area (Å²) >= 11 is 0. The summed E-state index contributed by atoms with van der Waals surface area (Å²) in [4.78, 5) is 1.87. The smallest absolute Gasteiger partial charge is 0.154 e. The molecule has 0 aromatic rings. The predicted molar refractivity (Wildman–Crippen MR) is 55.5 cm³/mol. The van der Waals surface area contributed by atoms with Gasteiger partial charge in [0, 0.05) is 6.54 Å². The first-order valence-electron chi connectivity index (χ1n) is 4.46. The van der Waals surface area contributed by atoms with E-state index in [4.69, 9.17) is 5.73 Å². The number of sulfone groups is 1. The van der Waals surface area contributed by atoms with Crippen LogP contribution in [-0.4, -0.2) is 51.5 Å². The van der Waals surface area contributed by atoms with Crippen molar-refractivity contribution in [2.24, 2.45) is 5.73 Å². The molecule has 0 saturated carbocycles. The van der Waals surface area contributed by atoms with E-state index in [-0.39, 0.29) is 11.0 Å². The lowest BCUT2D eigenvalue weighted by Crippen LogP contribution is -2.29. The van der Waals surface area contributed by atoms with Gasteiger partial charge in [-0.3, -0.25) is 0 Å². The zero-order valence-corrected chi connectivity index (χ0v) is 9.47. The van der Waals surface area contributed by atoms with E-state index in [1.54, 1.807) is 6.92 Å². The molecule has 0 radical (unpaired) electrons. The molecular weight excluding hydrogens is 188 g/mol. The summed E-state index contributed by atoms with van der Waals surface area (Å²) in [6.45, 7) is 2.73. The van der Waals surface area contributed by atoms with Crippen molar-refractivity contribution in [2.75, 3.05) is 32.9 Å². The molecule has 13 heavy (non-hydrogen) atoms. The second-order valence-electron chi connectivity index (χ2n) is 3.56. The Morgan fingerprint density at radius 2 is 1.92 bits per heavy atom. The highest BCUT2D eigenvalue weighted by atomic mass is 32.2. The minimum Gasteiger partial charge on any atom is -0.330 e. The molecule has 0 rings (SSSR count). The van der Waals surface area contributed by atoms with Gasteiger partial charge in [0.25, 0.3) is 0 Å². The zero-order chi connectivity index (χ0) is 10.5. The van der Waals surface area contributed by atoms with Gasteiger partial charge in [0.2, 0.25) is 0 Å². The topological polar surface area (TPSA) is 63.4 Å². The number of nitrogens with zero attached hydrogens (tertiary/aromatic N) is 1. The Hall–Kier alpha value is -0.130. The Bertz CT molecular complexity index is 224. The third-order valence-electron chi connectivity index (χ3n) is 2.01. The molecule has 0 aromatic carbocycles. The SMILES string of the molecule is CC(CCN)S(=O)(=O)CCN(C)C. The lowest BCUT2D eigenvalue weighted by Gasteiger charge is -2.14. The molecule has 0 aliphatic rings. The zero-order valence-electron chi connectivity index (χ0n) is 8.66. The van der Waals surface area contributed by atoms with Crippen LogP contribution in [-0.2, 0) is 9.84 Å². The second kappa shape index (κ2) is 5.57. The lowest BCUT2D eigenvalue weighted by molar-refractivity contribution is 0.431. The van der Waals surface area contributed by atoms with Crippen molar-refractivity contribution in [2.45, 2.75) is 18.6 Å². The van der Waals surface area contributed by atoms with E-state index in [0.29, 0.717) is 19.5 Å². The van der Waals surface area contributed by atoms with E-state index in [2.05, 4.69) is 0 Å². The van der Waals surface area contributed by atoms with Crippen LogP contribution in [0.5, 0.6) is 0 Å². The minimum atomic E-state index is -2.94. The van der Waals surface area contributed by atoms with Gasteiger partial charge in [0.15, 0.2) is 9.84 Å². The highest BCUT2D eigenvalue weighted by Crippen LogP contribution is 2.05. The number of nitrogens with two attached hydrogens (primary N) is 1. The Kier molecular flexibility index (Phi) is 5.51. The second-order valence-corrected chi connectivity index (χ2v) is 6.10. The molecule has 0 amide bonds. The molecule has 0 heterocycles. The molecule has 0 saturated heterocycles. The van der Waals surface area contributed by atoms with E-state index in [1.807, 2.05) is 19.0 Å². The molecule has 2 N–H and O–H groups in total. The first-order chi connectivity index (χ1) is 5.90. The first kappa shape index (κ1) is 12.9. The van der Waals surface area contributed by atoms with E-state index in [1.165, 1.54) is 0 Å². The molecule has 5 heteroatoms. The van der Waals surface area contributed by atoms with Crippen LogP contribution in [0.15, 0.2) is 0 Å². The van der Waals surface area contributed by atoms with E-state index in [0.717, 1.165) is 0 Å². The summed E-state index contributed by atoms with van der Waals surface area (Å²) in [5.41, 5.74) is 5.31. The van der Waals surface area contributed by atoms with Crippen molar-refractivity contribution >= 4 is 9.84 Å². The quantitative estimate of drug-likeness (QED) is 0.651. The molecule has 1 atom stereocenters. The number of rotatable bonds is 6. The number of hydrogen-bond donors (Lipinski definition) is 1. The molecule has 80 valence electrons. The predicted octanol–water partition coefficient (Wildman–Crippen LogP) is -0.300. The lowest BCUT2D eigenvalue weighted by atomic mass is 10.3. The van der Waals surface area contributed by atoms with Crippen LogP contribution in [0.4, 0.5) is 0 Å². The van der Waals surface area contributed by atoms with Gasteiger partial charge in [0.1, 0.15) is 0 Å². The van der Waals surface area contributed by atoms with Gasteiger partial charge in [-0.25, -0.2) is 8.42 Å². The van der Waals surface area contributed by atoms with Crippen LogP contribution >= 0.6 is 0 Å². The Labute approximate surface area is 81.0 Å². The van der Waals surface area contributed by atoms with E-state index in [9.17, 15) is 8.42 Å². The summed E-state index contributed by atoms with van der Waals surface area (Å²) in [6, 6.07) is 0. The molecule has 1 unspecified atom stereocenters. The molecule has 0 fully saturated rings. The fourth-order valence-corrected chi connectivity index (χ4v) is 2.44. The third kappa shape index (κ3) is 5.23. The van der Waals surface area contributed by atoms with Crippen molar-refractivity contribution in [3.8, 4) is 0 Å². The maximum atomic E-state index is 11.5.